The highest BCUT2D eigenvalue weighted by Crippen LogP contribution is 2.19. The van der Waals surface area contributed by atoms with Gasteiger partial charge in [0.1, 0.15) is 0 Å². The standard InChI is InChI=1S/C12H15NO.C3H6.C2H6.CH4O/c1-10-7-8-13(12(10)14)9-11-5-3-2-4-6-11;1-3-2;2*1-2/h2-6,10H,7-9H2,1H3;3H,1H2,2H3;1-2H3;2H,1H3. The van der Waals surface area contributed by atoms with Crippen LogP contribution >= 0.6 is 0 Å². The highest BCUT2D eigenvalue weighted by Gasteiger charge is 2.27. The van der Waals surface area contributed by atoms with Gasteiger partial charge in [0.25, 0.3) is 0 Å². The maximum Gasteiger partial charge on any atom is 0.225 e. The molecule has 0 aromatic heterocycles. The molecule has 1 N–H and O–H groups in total. The Bertz CT molecular complexity index is 363. The molecule has 1 amide bonds. The summed E-state index contributed by atoms with van der Waals surface area (Å²) < 4.78 is 0. The van der Waals surface area contributed by atoms with Crippen molar-refractivity contribution >= 4 is 5.91 Å². The lowest BCUT2D eigenvalue weighted by Crippen LogP contribution is -2.25. The van der Waals surface area contributed by atoms with E-state index in [0.717, 1.165) is 26.6 Å². The molecule has 1 fully saturated rings. The van der Waals surface area contributed by atoms with E-state index in [2.05, 4.69) is 18.7 Å². The van der Waals surface area contributed by atoms with Crippen molar-refractivity contribution in [1.29, 1.82) is 0 Å². The molecule has 120 valence electrons. The van der Waals surface area contributed by atoms with E-state index < -0.39 is 0 Å². The van der Waals surface area contributed by atoms with Gasteiger partial charge in [-0.1, -0.05) is 57.2 Å². The molecular weight excluding hydrogens is 262 g/mol. The Balaban J connectivity index is 0. The second-order valence-corrected chi connectivity index (χ2v) is 4.34. The molecule has 0 spiro atoms. The van der Waals surface area contributed by atoms with Crippen LogP contribution in [0.3, 0.4) is 0 Å². The number of nitrogens with zero attached hydrogens (tertiary/aromatic N) is 1. The Kier molecular flexibility index (Phi) is 15.3. The van der Waals surface area contributed by atoms with Gasteiger partial charge in [-0.05, 0) is 18.9 Å². The van der Waals surface area contributed by atoms with Crippen molar-refractivity contribution in [2.75, 3.05) is 13.7 Å². The molecule has 0 saturated carbocycles. The molecule has 0 bridgehead atoms. The van der Waals surface area contributed by atoms with Crippen molar-refractivity contribution in [2.24, 2.45) is 5.92 Å². The molecular formula is C18H31NO2. The Labute approximate surface area is 130 Å². The molecule has 1 aromatic carbocycles. The summed E-state index contributed by atoms with van der Waals surface area (Å²) in [4.78, 5) is 13.6. The second-order valence-electron chi connectivity index (χ2n) is 4.34. The average Bonchev–Trinajstić information content (AvgIpc) is 2.85. The number of rotatable bonds is 2. The van der Waals surface area contributed by atoms with E-state index in [1.807, 2.05) is 50.8 Å². The molecule has 1 saturated heterocycles. The summed E-state index contributed by atoms with van der Waals surface area (Å²) in [6.07, 6.45) is 2.76. The number of carbonyl (C=O) groups excluding carboxylic acids is 1. The average molecular weight is 293 g/mol. The summed E-state index contributed by atoms with van der Waals surface area (Å²) in [5, 5.41) is 7.00. The van der Waals surface area contributed by atoms with Crippen molar-refractivity contribution < 1.29 is 9.90 Å². The Hall–Kier alpha value is -1.61. The molecule has 0 radical (unpaired) electrons. The van der Waals surface area contributed by atoms with Crippen molar-refractivity contribution in [3.63, 3.8) is 0 Å². The lowest BCUT2D eigenvalue weighted by Gasteiger charge is -2.15. The van der Waals surface area contributed by atoms with Crippen LogP contribution in [0.1, 0.15) is 39.7 Å². The number of allylic oxidation sites excluding steroid dienone is 1. The monoisotopic (exact) mass is 293 g/mol. The normalized spacial score (nSPS) is 15.6. The van der Waals surface area contributed by atoms with Gasteiger partial charge in [-0.15, -0.1) is 6.58 Å². The summed E-state index contributed by atoms with van der Waals surface area (Å²) in [5.41, 5.74) is 1.22. The van der Waals surface area contributed by atoms with E-state index in [0.29, 0.717) is 5.91 Å². The maximum absolute atomic E-state index is 11.6. The van der Waals surface area contributed by atoms with Crippen LogP contribution in [0.2, 0.25) is 0 Å². The first kappa shape index (κ1) is 21.7. The van der Waals surface area contributed by atoms with Crippen LogP contribution in [0.25, 0.3) is 0 Å². The molecule has 1 aromatic rings. The van der Waals surface area contributed by atoms with E-state index >= 15 is 0 Å². The van der Waals surface area contributed by atoms with Crippen LogP contribution in [-0.4, -0.2) is 29.6 Å². The SMILES string of the molecule is C=CC.CC.CC1CCN(Cc2ccccc2)C1=O.CO. The third kappa shape index (κ3) is 9.03. The van der Waals surface area contributed by atoms with E-state index in [9.17, 15) is 4.79 Å². The van der Waals surface area contributed by atoms with Gasteiger partial charge in [0.2, 0.25) is 5.91 Å². The largest absolute Gasteiger partial charge is 0.400 e. The van der Waals surface area contributed by atoms with Crippen molar-refractivity contribution in [1.82, 2.24) is 4.90 Å². The number of benzene rings is 1. The van der Waals surface area contributed by atoms with Crippen molar-refractivity contribution in [3.8, 4) is 0 Å². The summed E-state index contributed by atoms with van der Waals surface area (Å²) >= 11 is 0. The van der Waals surface area contributed by atoms with E-state index in [4.69, 9.17) is 5.11 Å². The maximum atomic E-state index is 11.6. The topological polar surface area (TPSA) is 40.5 Å². The van der Waals surface area contributed by atoms with Crippen molar-refractivity contribution in [3.05, 3.63) is 48.6 Å². The summed E-state index contributed by atoms with van der Waals surface area (Å²) in [6, 6.07) is 10.2. The van der Waals surface area contributed by atoms with Crippen LogP contribution in [0.5, 0.6) is 0 Å². The number of carbonyl (C=O) groups is 1. The van der Waals surface area contributed by atoms with Gasteiger partial charge < -0.3 is 10.0 Å². The Morgan fingerprint density at radius 1 is 1.29 bits per heavy atom. The molecule has 1 aliphatic heterocycles. The zero-order valence-electron chi connectivity index (χ0n) is 14.2. The van der Waals surface area contributed by atoms with Gasteiger partial charge in [-0.25, -0.2) is 0 Å². The van der Waals surface area contributed by atoms with E-state index in [1.54, 1.807) is 6.08 Å². The lowest BCUT2D eigenvalue weighted by atomic mass is 10.1. The number of aliphatic hydroxyl groups excluding tert-OH is 1. The van der Waals surface area contributed by atoms with Crippen LogP contribution < -0.4 is 0 Å². The molecule has 21 heavy (non-hydrogen) atoms. The fourth-order valence-electron chi connectivity index (χ4n) is 1.86. The van der Waals surface area contributed by atoms with Crippen LogP contribution in [0.4, 0.5) is 0 Å². The minimum absolute atomic E-state index is 0.221. The number of hydrogen-bond donors (Lipinski definition) is 1. The molecule has 3 heteroatoms. The molecule has 1 atom stereocenters. The number of aliphatic hydroxyl groups is 1. The minimum Gasteiger partial charge on any atom is -0.400 e. The van der Waals surface area contributed by atoms with Gasteiger partial charge in [0.15, 0.2) is 0 Å². The Morgan fingerprint density at radius 2 is 1.76 bits per heavy atom. The lowest BCUT2D eigenvalue weighted by molar-refractivity contribution is -0.131. The van der Waals surface area contributed by atoms with Gasteiger partial charge in [0.05, 0.1) is 0 Å². The van der Waals surface area contributed by atoms with Crippen LogP contribution in [-0.2, 0) is 11.3 Å². The van der Waals surface area contributed by atoms with E-state index in [-0.39, 0.29) is 5.92 Å². The summed E-state index contributed by atoms with van der Waals surface area (Å²) in [7, 11) is 1.00. The first-order chi connectivity index (χ1) is 10.2. The summed E-state index contributed by atoms with van der Waals surface area (Å²) in [6.45, 7) is 12.9. The Morgan fingerprint density at radius 3 is 2.14 bits per heavy atom. The highest BCUT2D eigenvalue weighted by molar-refractivity contribution is 5.80. The van der Waals surface area contributed by atoms with Gasteiger partial charge in [-0.3, -0.25) is 4.79 Å². The molecule has 3 nitrogen and oxygen atoms in total. The van der Waals surface area contributed by atoms with E-state index in [1.165, 1.54) is 5.56 Å². The predicted octanol–water partition coefficient (Wildman–Crippen LogP) is 3.88. The quantitative estimate of drug-likeness (QED) is 0.841. The molecule has 1 unspecified atom stereocenters. The molecule has 1 aliphatic rings. The highest BCUT2D eigenvalue weighted by atomic mass is 16.2. The van der Waals surface area contributed by atoms with Gasteiger partial charge in [0, 0.05) is 26.1 Å². The van der Waals surface area contributed by atoms with Crippen molar-refractivity contribution in [2.45, 2.75) is 40.7 Å². The molecule has 0 aliphatic carbocycles. The zero-order chi connectivity index (χ0) is 16.7. The third-order valence-electron chi connectivity index (χ3n) is 2.78. The second kappa shape index (κ2) is 14.8. The van der Waals surface area contributed by atoms with Gasteiger partial charge in [-0.2, -0.15) is 0 Å². The molecule has 2 rings (SSSR count). The number of amides is 1. The third-order valence-corrected chi connectivity index (χ3v) is 2.78. The summed E-state index contributed by atoms with van der Waals surface area (Å²) in [5.74, 6) is 0.521. The van der Waals surface area contributed by atoms with Crippen LogP contribution in [0.15, 0.2) is 43.0 Å². The minimum atomic E-state index is 0.221. The first-order valence-electron chi connectivity index (χ1n) is 7.53. The van der Waals surface area contributed by atoms with Crippen LogP contribution in [0, 0.1) is 5.92 Å². The molecule has 1 heterocycles. The number of likely N-dealkylation sites (tertiary alicyclic amines) is 1. The fraction of sp³-hybridized carbons (Fsp3) is 0.500. The van der Waals surface area contributed by atoms with Gasteiger partial charge >= 0.3 is 0 Å². The fourth-order valence-corrected chi connectivity index (χ4v) is 1.86. The zero-order valence-corrected chi connectivity index (χ0v) is 14.2. The smallest absolute Gasteiger partial charge is 0.225 e. The first-order valence-corrected chi connectivity index (χ1v) is 7.53. The predicted molar refractivity (Wildman–Crippen MR) is 91.0 cm³/mol. The number of hydrogen-bond acceptors (Lipinski definition) is 2.